The van der Waals surface area contributed by atoms with Crippen LogP contribution in [0.5, 0.6) is 0 Å². The van der Waals surface area contributed by atoms with Crippen molar-refractivity contribution in [2.75, 3.05) is 18.0 Å². The van der Waals surface area contributed by atoms with E-state index in [1.807, 2.05) is 34.8 Å². The lowest BCUT2D eigenvalue weighted by Gasteiger charge is -2.33. The van der Waals surface area contributed by atoms with Crippen molar-refractivity contribution in [3.63, 3.8) is 0 Å². The van der Waals surface area contributed by atoms with E-state index in [9.17, 15) is 18.0 Å². The van der Waals surface area contributed by atoms with Gasteiger partial charge in [-0.3, -0.25) is 9.36 Å². The van der Waals surface area contributed by atoms with Crippen molar-refractivity contribution < 1.29 is 18.0 Å². The van der Waals surface area contributed by atoms with Crippen molar-refractivity contribution in [3.05, 3.63) is 58.5 Å². The molecule has 4 heterocycles. The molecule has 1 fully saturated rings. The summed E-state index contributed by atoms with van der Waals surface area (Å²) in [6.07, 6.45) is -0.406. The zero-order valence-corrected chi connectivity index (χ0v) is 17.9. The SMILES string of the molecule is Cc1cc(C(=O)NC2CCN(c3ccc(C(F)(F)F)cn3)CC2)c(C)n1-c1nccs1. The highest BCUT2D eigenvalue weighted by Gasteiger charge is 2.31. The van der Waals surface area contributed by atoms with Gasteiger partial charge in [-0.2, -0.15) is 13.2 Å². The zero-order chi connectivity index (χ0) is 22.2. The minimum atomic E-state index is -4.39. The van der Waals surface area contributed by atoms with E-state index in [0.29, 0.717) is 37.3 Å². The number of hydrogen-bond acceptors (Lipinski definition) is 5. The van der Waals surface area contributed by atoms with Gasteiger partial charge in [-0.25, -0.2) is 9.97 Å². The fourth-order valence-corrected chi connectivity index (χ4v) is 4.62. The maximum absolute atomic E-state index is 12.9. The number of piperidine rings is 1. The zero-order valence-electron chi connectivity index (χ0n) is 17.1. The van der Waals surface area contributed by atoms with Gasteiger partial charge in [0.05, 0.1) is 11.1 Å². The Labute approximate surface area is 181 Å². The number of amides is 1. The Hall–Kier alpha value is -2.88. The Kier molecular flexibility index (Phi) is 5.74. The molecule has 0 unspecified atom stereocenters. The fraction of sp³-hybridized carbons (Fsp3) is 0.381. The molecule has 0 aliphatic carbocycles. The van der Waals surface area contributed by atoms with Crippen molar-refractivity contribution >= 4 is 23.1 Å². The van der Waals surface area contributed by atoms with Gasteiger partial charge in [-0.15, -0.1) is 11.3 Å². The molecule has 1 aliphatic heterocycles. The third kappa shape index (κ3) is 4.43. The topological polar surface area (TPSA) is 63.1 Å². The Bertz CT molecular complexity index is 1050. The van der Waals surface area contributed by atoms with Crippen LogP contribution in [0.15, 0.2) is 36.0 Å². The first-order chi connectivity index (χ1) is 14.7. The van der Waals surface area contributed by atoms with Crippen molar-refractivity contribution in [3.8, 4) is 5.13 Å². The summed E-state index contributed by atoms with van der Waals surface area (Å²) in [5.74, 6) is 0.395. The number of anilines is 1. The minimum Gasteiger partial charge on any atom is -0.356 e. The molecular formula is C21H22F3N5OS. The van der Waals surface area contributed by atoms with E-state index in [2.05, 4.69) is 15.3 Å². The number of pyridine rings is 1. The summed E-state index contributed by atoms with van der Waals surface area (Å²) in [4.78, 5) is 23.1. The summed E-state index contributed by atoms with van der Waals surface area (Å²) in [6.45, 7) is 5.08. The van der Waals surface area contributed by atoms with Gasteiger partial charge in [-0.05, 0) is 44.9 Å². The van der Waals surface area contributed by atoms with Crippen LogP contribution in [0.3, 0.4) is 0 Å². The van der Waals surface area contributed by atoms with Crippen LogP contribution in [-0.2, 0) is 6.18 Å². The first-order valence-electron chi connectivity index (χ1n) is 9.92. The van der Waals surface area contributed by atoms with Gasteiger partial charge in [0.2, 0.25) is 0 Å². The average Bonchev–Trinajstić information content (AvgIpc) is 3.35. The maximum Gasteiger partial charge on any atom is 0.417 e. The predicted octanol–water partition coefficient (Wildman–Crippen LogP) is 4.36. The van der Waals surface area contributed by atoms with Crippen LogP contribution >= 0.6 is 11.3 Å². The van der Waals surface area contributed by atoms with E-state index in [1.165, 1.54) is 17.4 Å². The van der Waals surface area contributed by atoms with Crippen molar-refractivity contribution in [1.82, 2.24) is 19.9 Å². The van der Waals surface area contributed by atoms with Gasteiger partial charge < -0.3 is 10.2 Å². The summed E-state index contributed by atoms with van der Waals surface area (Å²) in [5.41, 5.74) is 1.66. The molecule has 1 saturated heterocycles. The van der Waals surface area contributed by atoms with E-state index >= 15 is 0 Å². The van der Waals surface area contributed by atoms with Crippen LogP contribution in [0.25, 0.3) is 5.13 Å². The second kappa shape index (κ2) is 8.33. The smallest absolute Gasteiger partial charge is 0.356 e. The molecule has 0 atom stereocenters. The normalized spacial score (nSPS) is 15.3. The fourth-order valence-electron chi connectivity index (χ4n) is 3.87. The van der Waals surface area contributed by atoms with Gasteiger partial charge in [0.1, 0.15) is 5.82 Å². The van der Waals surface area contributed by atoms with Crippen molar-refractivity contribution in [2.45, 2.75) is 38.9 Å². The van der Waals surface area contributed by atoms with E-state index < -0.39 is 11.7 Å². The van der Waals surface area contributed by atoms with E-state index in [4.69, 9.17) is 0 Å². The van der Waals surface area contributed by atoms with Gasteiger partial charge in [-0.1, -0.05) is 0 Å². The molecule has 0 spiro atoms. The third-order valence-electron chi connectivity index (χ3n) is 5.52. The highest BCUT2D eigenvalue weighted by molar-refractivity contribution is 7.12. The number of aryl methyl sites for hydroxylation is 1. The summed E-state index contributed by atoms with van der Waals surface area (Å²) in [5, 5.41) is 5.82. The van der Waals surface area contributed by atoms with E-state index in [1.54, 1.807) is 6.20 Å². The lowest BCUT2D eigenvalue weighted by molar-refractivity contribution is -0.137. The molecule has 0 radical (unpaired) electrons. The molecule has 3 aromatic rings. The summed E-state index contributed by atoms with van der Waals surface area (Å²) in [6, 6.07) is 4.32. The highest BCUT2D eigenvalue weighted by atomic mass is 32.1. The average molecular weight is 450 g/mol. The van der Waals surface area contributed by atoms with E-state index in [0.717, 1.165) is 28.8 Å². The van der Waals surface area contributed by atoms with E-state index in [-0.39, 0.29) is 11.9 Å². The van der Waals surface area contributed by atoms with Crippen LogP contribution < -0.4 is 10.2 Å². The molecule has 0 aromatic carbocycles. The number of hydrogen-bond donors (Lipinski definition) is 1. The molecule has 31 heavy (non-hydrogen) atoms. The molecule has 4 rings (SSSR count). The number of nitrogens with zero attached hydrogens (tertiary/aromatic N) is 4. The predicted molar refractivity (Wildman–Crippen MR) is 113 cm³/mol. The summed E-state index contributed by atoms with van der Waals surface area (Å²) < 4.78 is 40.1. The molecule has 1 amide bonds. The Morgan fingerprint density at radius 2 is 1.94 bits per heavy atom. The largest absolute Gasteiger partial charge is 0.417 e. The minimum absolute atomic E-state index is 0.00103. The number of halogens is 3. The van der Waals surface area contributed by atoms with Crippen molar-refractivity contribution in [1.29, 1.82) is 0 Å². The number of thiazole rings is 1. The van der Waals surface area contributed by atoms with Crippen LogP contribution in [0.1, 0.15) is 40.2 Å². The van der Waals surface area contributed by atoms with Crippen LogP contribution in [0.2, 0.25) is 0 Å². The number of rotatable bonds is 4. The van der Waals surface area contributed by atoms with Crippen LogP contribution in [0, 0.1) is 13.8 Å². The molecular weight excluding hydrogens is 427 g/mol. The lowest BCUT2D eigenvalue weighted by atomic mass is 10.0. The Morgan fingerprint density at radius 3 is 2.52 bits per heavy atom. The summed E-state index contributed by atoms with van der Waals surface area (Å²) in [7, 11) is 0. The number of carbonyl (C=O) groups excluding carboxylic acids is 1. The molecule has 0 bridgehead atoms. The van der Waals surface area contributed by atoms with Gasteiger partial charge in [0.15, 0.2) is 5.13 Å². The quantitative estimate of drug-likeness (QED) is 0.643. The molecule has 0 saturated carbocycles. The Balaban J connectivity index is 1.37. The first kappa shape index (κ1) is 21.4. The number of alkyl halides is 3. The lowest BCUT2D eigenvalue weighted by Crippen LogP contribution is -2.45. The van der Waals surface area contributed by atoms with Gasteiger partial charge in [0.25, 0.3) is 5.91 Å². The third-order valence-corrected chi connectivity index (χ3v) is 6.27. The molecule has 1 aliphatic rings. The van der Waals surface area contributed by atoms with Gasteiger partial charge >= 0.3 is 6.18 Å². The number of carbonyl (C=O) groups is 1. The van der Waals surface area contributed by atoms with Crippen LogP contribution in [0.4, 0.5) is 19.0 Å². The standard InChI is InChI=1S/C21H22F3N5OS/c1-13-11-17(14(2)29(13)20-25-7-10-31-20)19(30)27-16-5-8-28(9-6-16)18-4-3-15(12-26-18)21(22,23)24/h3-4,7,10-12,16H,5-6,8-9H2,1-2H3,(H,27,30). The number of aromatic nitrogens is 3. The molecule has 164 valence electrons. The monoisotopic (exact) mass is 449 g/mol. The summed E-state index contributed by atoms with van der Waals surface area (Å²) >= 11 is 1.51. The van der Waals surface area contributed by atoms with Crippen LogP contribution in [-0.4, -0.2) is 39.6 Å². The second-order valence-corrected chi connectivity index (χ2v) is 8.45. The van der Waals surface area contributed by atoms with Gasteiger partial charge in [0, 0.05) is 48.3 Å². The molecule has 6 nitrogen and oxygen atoms in total. The molecule has 3 aromatic heterocycles. The maximum atomic E-state index is 12.9. The van der Waals surface area contributed by atoms with Crippen molar-refractivity contribution in [2.24, 2.45) is 0 Å². The molecule has 10 heteroatoms. The first-order valence-corrected chi connectivity index (χ1v) is 10.8. The second-order valence-electron chi connectivity index (χ2n) is 7.57. The molecule has 1 N–H and O–H groups in total. The Morgan fingerprint density at radius 1 is 1.19 bits per heavy atom. The highest BCUT2D eigenvalue weighted by Crippen LogP contribution is 2.30. The number of nitrogens with one attached hydrogen (secondary N) is 1.